The fourth-order valence-electron chi connectivity index (χ4n) is 2.98. The van der Waals surface area contributed by atoms with Crippen LogP contribution in [0.1, 0.15) is 32.6 Å². The van der Waals surface area contributed by atoms with Crippen LogP contribution < -0.4 is 0 Å². The molecule has 2 aliphatic rings. The average molecular weight is 211 g/mol. The first-order valence-electron chi connectivity index (χ1n) is 5.47. The minimum atomic E-state index is -0.669. The molecular weight excluding hydrogens is 194 g/mol. The van der Waals surface area contributed by atoms with Gasteiger partial charge in [-0.2, -0.15) is 4.99 Å². The second-order valence-electron chi connectivity index (χ2n) is 5.07. The monoisotopic (exact) mass is 211 g/mol. The Labute approximate surface area is 89.3 Å². The molecule has 2 rings (SSSR count). The first kappa shape index (κ1) is 10.8. The summed E-state index contributed by atoms with van der Waals surface area (Å²) in [6, 6.07) is 0. The third-order valence-electron chi connectivity index (χ3n) is 3.56. The molecule has 0 radical (unpaired) electrons. The highest BCUT2D eigenvalue weighted by Gasteiger charge is 2.55. The van der Waals surface area contributed by atoms with Crippen LogP contribution in [0.3, 0.4) is 0 Å². The first-order chi connectivity index (χ1) is 7.08. The predicted octanol–water partition coefficient (Wildman–Crippen LogP) is 1.03. The molecular formula is C11H17NO3. The highest BCUT2D eigenvalue weighted by molar-refractivity contribution is 5.37. The van der Waals surface area contributed by atoms with Gasteiger partial charge in [0.25, 0.3) is 0 Å². The van der Waals surface area contributed by atoms with E-state index in [1.807, 2.05) is 0 Å². The largest absolute Gasteiger partial charge is 0.390 e. The van der Waals surface area contributed by atoms with E-state index in [1.54, 1.807) is 13.0 Å². The van der Waals surface area contributed by atoms with Crippen molar-refractivity contribution < 1.29 is 14.6 Å². The van der Waals surface area contributed by atoms with Crippen LogP contribution in [0.4, 0.5) is 0 Å². The molecule has 0 bridgehead atoms. The Morgan fingerprint density at radius 2 is 2.27 bits per heavy atom. The van der Waals surface area contributed by atoms with Gasteiger partial charge in [-0.3, -0.25) is 0 Å². The molecule has 0 aromatic carbocycles. The lowest BCUT2D eigenvalue weighted by Crippen LogP contribution is -2.59. The van der Waals surface area contributed by atoms with E-state index in [2.05, 4.69) is 4.99 Å². The Balaban J connectivity index is 2.10. The maximum atomic E-state index is 10.5. The molecule has 15 heavy (non-hydrogen) atoms. The van der Waals surface area contributed by atoms with Crippen LogP contribution in [-0.4, -0.2) is 35.5 Å². The molecule has 1 N–H and O–H groups in total. The summed E-state index contributed by atoms with van der Waals surface area (Å²) in [6.45, 7) is 3.24. The van der Waals surface area contributed by atoms with Gasteiger partial charge in [0.2, 0.25) is 6.08 Å². The van der Waals surface area contributed by atoms with Crippen LogP contribution in [0.15, 0.2) is 4.99 Å². The molecule has 4 nitrogen and oxygen atoms in total. The van der Waals surface area contributed by atoms with E-state index in [0.29, 0.717) is 19.4 Å². The Kier molecular flexibility index (Phi) is 2.67. The van der Waals surface area contributed by atoms with Gasteiger partial charge in [-0.05, 0) is 19.8 Å². The van der Waals surface area contributed by atoms with Crippen LogP contribution in [0.25, 0.3) is 0 Å². The van der Waals surface area contributed by atoms with Crippen molar-refractivity contribution in [3.8, 4) is 0 Å². The van der Waals surface area contributed by atoms with Gasteiger partial charge < -0.3 is 9.84 Å². The summed E-state index contributed by atoms with van der Waals surface area (Å²) in [5.41, 5.74) is -1.07. The maximum absolute atomic E-state index is 10.5. The maximum Gasteiger partial charge on any atom is 0.235 e. The van der Waals surface area contributed by atoms with Gasteiger partial charge in [-0.1, -0.05) is 0 Å². The van der Waals surface area contributed by atoms with E-state index in [1.165, 1.54) is 0 Å². The number of aliphatic hydroxyl groups is 1. The lowest BCUT2D eigenvalue weighted by Gasteiger charge is -2.52. The second-order valence-corrected chi connectivity index (χ2v) is 5.07. The van der Waals surface area contributed by atoms with E-state index in [9.17, 15) is 9.90 Å². The van der Waals surface area contributed by atoms with Crippen molar-refractivity contribution >= 4 is 6.08 Å². The topological polar surface area (TPSA) is 58.9 Å². The van der Waals surface area contributed by atoms with E-state index >= 15 is 0 Å². The first-order valence-corrected chi connectivity index (χ1v) is 5.47. The van der Waals surface area contributed by atoms with Crippen LogP contribution in [0.5, 0.6) is 0 Å². The van der Waals surface area contributed by atoms with Gasteiger partial charge in [-0.25, -0.2) is 4.79 Å². The molecule has 1 heterocycles. The van der Waals surface area contributed by atoms with Crippen LogP contribution in [0.2, 0.25) is 0 Å². The summed E-state index contributed by atoms with van der Waals surface area (Å²) in [5, 5.41) is 9.78. The number of ether oxygens (including phenoxy) is 1. The van der Waals surface area contributed by atoms with Crippen LogP contribution in [-0.2, 0) is 9.53 Å². The van der Waals surface area contributed by atoms with Crippen molar-refractivity contribution in [3.05, 3.63) is 0 Å². The minimum absolute atomic E-state index is 0.271. The number of nitrogens with zero attached hydrogens (tertiary/aromatic N) is 1. The summed E-state index contributed by atoms with van der Waals surface area (Å²) in [4.78, 5) is 14.4. The molecule has 0 amide bonds. The molecule has 1 saturated heterocycles. The van der Waals surface area contributed by atoms with E-state index < -0.39 is 11.1 Å². The second kappa shape index (κ2) is 3.71. The normalized spacial score (nSPS) is 45.3. The van der Waals surface area contributed by atoms with Gasteiger partial charge in [-0.15, -0.1) is 0 Å². The molecule has 4 heteroatoms. The molecule has 0 aromatic rings. The van der Waals surface area contributed by atoms with Gasteiger partial charge in [0, 0.05) is 25.4 Å². The van der Waals surface area contributed by atoms with Crippen LogP contribution >= 0.6 is 0 Å². The Hall–Kier alpha value is -0.700. The van der Waals surface area contributed by atoms with Crippen LogP contribution in [0, 0.1) is 5.92 Å². The fraction of sp³-hybridized carbons (Fsp3) is 0.909. The average Bonchev–Trinajstić information content (AvgIpc) is 2.16. The van der Waals surface area contributed by atoms with Crippen molar-refractivity contribution in [2.24, 2.45) is 10.9 Å². The molecule has 2 fully saturated rings. The number of hydrogen-bond donors (Lipinski definition) is 1. The van der Waals surface area contributed by atoms with Gasteiger partial charge in [0.1, 0.15) is 0 Å². The summed E-state index contributed by atoms with van der Waals surface area (Å²) in [5.74, 6) is 0.271. The van der Waals surface area contributed by atoms with Crippen molar-refractivity contribution in [1.82, 2.24) is 0 Å². The summed E-state index contributed by atoms with van der Waals surface area (Å²) in [6.07, 6.45) is 4.82. The molecule has 0 aromatic heterocycles. The zero-order chi connectivity index (χ0) is 10.9. The number of isocyanates is 1. The quantitative estimate of drug-likeness (QED) is 0.548. The Morgan fingerprint density at radius 1 is 1.53 bits per heavy atom. The standard InChI is InChI=1S/C11H17NO3/c1-10(14)6-11(7-10,12-8-13)9-3-2-4-15-5-9/h9,14H,2-7H2,1H3. The Bertz CT molecular complexity index is 280. The van der Waals surface area contributed by atoms with Gasteiger partial charge >= 0.3 is 0 Å². The highest BCUT2D eigenvalue weighted by atomic mass is 16.5. The number of rotatable bonds is 2. The van der Waals surface area contributed by atoms with Crippen molar-refractivity contribution in [2.45, 2.75) is 43.7 Å². The Morgan fingerprint density at radius 3 is 2.73 bits per heavy atom. The molecule has 1 aliphatic heterocycles. The van der Waals surface area contributed by atoms with Crippen molar-refractivity contribution in [2.75, 3.05) is 13.2 Å². The zero-order valence-electron chi connectivity index (χ0n) is 9.03. The lowest BCUT2D eigenvalue weighted by molar-refractivity contribution is -0.113. The van der Waals surface area contributed by atoms with E-state index in [0.717, 1.165) is 19.4 Å². The fourth-order valence-corrected chi connectivity index (χ4v) is 2.98. The number of hydrogen-bond acceptors (Lipinski definition) is 4. The number of aliphatic imine (C=N–C) groups is 1. The third kappa shape index (κ3) is 1.98. The lowest BCUT2D eigenvalue weighted by atomic mass is 9.59. The summed E-state index contributed by atoms with van der Waals surface area (Å²) < 4.78 is 5.41. The SMILES string of the molecule is CC1(O)CC(N=C=O)(C2CCCOC2)C1. The molecule has 1 atom stereocenters. The van der Waals surface area contributed by atoms with Crippen molar-refractivity contribution in [3.63, 3.8) is 0 Å². The van der Waals surface area contributed by atoms with Crippen molar-refractivity contribution in [1.29, 1.82) is 0 Å². The molecule has 0 spiro atoms. The third-order valence-corrected chi connectivity index (χ3v) is 3.56. The minimum Gasteiger partial charge on any atom is -0.390 e. The van der Waals surface area contributed by atoms with E-state index in [-0.39, 0.29) is 5.92 Å². The van der Waals surface area contributed by atoms with Gasteiger partial charge in [0.15, 0.2) is 0 Å². The smallest absolute Gasteiger partial charge is 0.235 e. The summed E-state index contributed by atoms with van der Waals surface area (Å²) >= 11 is 0. The molecule has 84 valence electrons. The van der Waals surface area contributed by atoms with E-state index in [4.69, 9.17) is 4.74 Å². The highest BCUT2D eigenvalue weighted by Crippen LogP contribution is 2.50. The molecule has 1 unspecified atom stereocenters. The molecule has 1 aliphatic carbocycles. The van der Waals surface area contributed by atoms with Gasteiger partial charge in [0.05, 0.1) is 17.7 Å². The zero-order valence-corrected chi connectivity index (χ0v) is 9.03. The molecule has 1 saturated carbocycles. The number of carbonyl (C=O) groups excluding carboxylic acids is 1. The summed E-state index contributed by atoms with van der Waals surface area (Å²) in [7, 11) is 0. The predicted molar refractivity (Wildman–Crippen MR) is 54.3 cm³/mol.